The lowest BCUT2D eigenvalue weighted by atomic mass is 10.3. The first-order valence-corrected chi connectivity index (χ1v) is 5.25. The molecule has 0 atom stereocenters. The smallest absolute Gasteiger partial charge is 0.115 e. The van der Waals surface area contributed by atoms with Gasteiger partial charge in [0.1, 0.15) is 5.75 Å². The number of rotatable bonds is 3. The van der Waals surface area contributed by atoms with Gasteiger partial charge in [-0.3, -0.25) is 0 Å². The Labute approximate surface area is 72.0 Å². The summed E-state index contributed by atoms with van der Waals surface area (Å²) >= 11 is 0. The number of benzene rings is 1. The Morgan fingerprint density at radius 1 is 1.00 bits per heavy atom. The zero-order valence-corrected chi connectivity index (χ0v) is 7.41. The van der Waals surface area contributed by atoms with E-state index in [9.17, 15) is 0 Å². The second-order valence-corrected chi connectivity index (χ2v) is 4.50. The zero-order chi connectivity index (χ0) is 8.97. The van der Waals surface area contributed by atoms with E-state index >= 15 is 0 Å². The summed E-state index contributed by atoms with van der Waals surface area (Å²) in [6.07, 6.45) is -0.0345. The molecule has 66 valence electrons. The van der Waals surface area contributed by atoms with Gasteiger partial charge < -0.3 is 15.3 Å². The van der Waals surface area contributed by atoms with Gasteiger partial charge >= 0.3 is 0 Å². The van der Waals surface area contributed by atoms with Crippen LogP contribution in [0.15, 0.2) is 24.3 Å². The van der Waals surface area contributed by atoms with Crippen molar-refractivity contribution in [2.24, 2.45) is 0 Å². The molecule has 0 fully saturated rings. The molecule has 1 aromatic carbocycles. The van der Waals surface area contributed by atoms with Crippen LogP contribution in [0.5, 0.6) is 5.75 Å². The third-order valence-electron chi connectivity index (χ3n) is 1.56. The highest BCUT2D eigenvalue weighted by Gasteiger charge is 2.06. The standard InChI is InChI=1S/C8H11O3P/c9-5-12(6-10)8-3-1-7(11)2-4-8/h1-4,9-11H,5-6H2. The van der Waals surface area contributed by atoms with E-state index in [4.69, 9.17) is 15.3 Å². The monoisotopic (exact) mass is 186 g/mol. The molecule has 0 radical (unpaired) electrons. The van der Waals surface area contributed by atoms with Crippen molar-refractivity contribution in [3.05, 3.63) is 24.3 Å². The van der Waals surface area contributed by atoms with Crippen molar-refractivity contribution in [3.63, 3.8) is 0 Å². The average molecular weight is 186 g/mol. The molecule has 3 nitrogen and oxygen atoms in total. The maximum Gasteiger partial charge on any atom is 0.115 e. The molecular formula is C8H11O3P. The number of aromatic hydroxyl groups is 1. The molecule has 3 N–H and O–H groups in total. The fraction of sp³-hybridized carbons (Fsp3) is 0.250. The fourth-order valence-electron chi connectivity index (χ4n) is 0.871. The van der Waals surface area contributed by atoms with Crippen molar-refractivity contribution >= 4 is 13.2 Å². The topological polar surface area (TPSA) is 60.7 Å². The van der Waals surface area contributed by atoms with Crippen LogP contribution < -0.4 is 5.30 Å². The van der Waals surface area contributed by atoms with Crippen molar-refractivity contribution in [1.82, 2.24) is 0 Å². The third-order valence-corrected chi connectivity index (χ3v) is 3.27. The van der Waals surface area contributed by atoms with Crippen LogP contribution in [0.25, 0.3) is 0 Å². The molecule has 12 heavy (non-hydrogen) atoms. The number of phenols is 1. The number of phenolic OH excluding ortho intramolecular Hbond substituents is 1. The Hall–Kier alpha value is -0.630. The minimum Gasteiger partial charge on any atom is -0.508 e. The van der Waals surface area contributed by atoms with E-state index in [0.717, 1.165) is 5.30 Å². The van der Waals surface area contributed by atoms with Gasteiger partial charge in [0.05, 0.1) is 12.7 Å². The fourth-order valence-corrected chi connectivity index (χ4v) is 1.86. The maximum atomic E-state index is 8.97. The molecule has 0 unspecified atom stereocenters. The van der Waals surface area contributed by atoms with Crippen molar-refractivity contribution in [1.29, 1.82) is 0 Å². The number of aliphatic hydroxyl groups is 2. The van der Waals surface area contributed by atoms with E-state index in [-0.39, 0.29) is 18.4 Å². The second-order valence-electron chi connectivity index (χ2n) is 2.34. The Balaban J connectivity index is 2.80. The summed E-state index contributed by atoms with van der Waals surface area (Å²) in [5.41, 5.74) is 0. The quantitative estimate of drug-likeness (QED) is 0.599. The van der Waals surface area contributed by atoms with Gasteiger partial charge in [-0.15, -0.1) is 0 Å². The number of aliphatic hydroxyl groups excluding tert-OH is 2. The van der Waals surface area contributed by atoms with Crippen molar-refractivity contribution < 1.29 is 15.3 Å². The maximum absolute atomic E-state index is 8.97. The van der Waals surface area contributed by atoms with Gasteiger partial charge in [-0.2, -0.15) is 0 Å². The Bertz CT molecular complexity index is 231. The van der Waals surface area contributed by atoms with Crippen LogP contribution in [0.2, 0.25) is 0 Å². The molecule has 0 saturated heterocycles. The first-order chi connectivity index (χ1) is 5.77. The third kappa shape index (κ3) is 2.18. The highest BCUT2D eigenvalue weighted by Crippen LogP contribution is 2.31. The molecule has 0 aliphatic heterocycles. The highest BCUT2D eigenvalue weighted by molar-refractivity contribution is 7.65. The Morgan fingerprint density at radius 3 is 1.92 bits per heavy atom. The van der Waals surface area contributed by atoms with Gasteiger partial charge in [0.25, 0.3) is 0 Å². The van der Waals surface area contributed by atoms with Crippen molar-refractivity contribution in [3.8, 4) is 5.75 Å². The van der Waals surface area contributed by atoms with Gasteiger partial charge in [0.15, 0.2) is 0 Å². The lowest BCUT2D eigenvalue weighted by Crippen LogP contribution is -2.04. The predicted octanol–water partition coefficient (Wildman–Crippen LogP) is 0.399. The molecule has 1 aromatic rings. The molecule has 0 heterocycles. The number of hydrogen-bond donors (Lipinski definition) is 3. The first kappa shape index (κ1) is 9.46. The van der Waals surface area contributed by atoms with Gasteiger partial charge in [-0.25, -0.2) is 0 Å². The summed E-state index contributed by atoms with van der Waals surface area (Å²) in [6.45, 7) is 0. The lowest BCUT2D eigenvalue weighted by Gasteiger charge is -2.10. The van der Waals surface area contributed by atoms with Crippen LogP contribution in [0.3, 0.4) is 0 Å². The molecule has 0 amide bonds. The highest BCUT2D eigenvalue weighted by atomic mass is 31.1. The lowest BCUT2D eigenvalue weighted by molar-refractivity contribution is 0.345. The first-order valence-electron chi connectivity index (χ1n) is 3.53. The molecule has 4 heteroatoms. The average Bonchev–Trinajstić information content (AvgIpc) is 2.10. The van der Waals surface area contributed by atoms with Crippen LogP contribution >= 0.6 is 7.92 Å². The zero-order valence-electron chi connectivity index (χ0n) is 6.51. The molecule has 0 aromatic heterocycles. The van der Waals surface area contributed by atoms with E-state index in [1.54, 1.807) is 24.3 Å². The summed E-state index contributed by atoms with van der Waals surface area (Å²) in [7, 11) is -0.864. The van der Waals surface area contributed by atoms with Gasteiger partial charge in [-0.05, 0) is 25.4 Å². The summed E-state index contributed by atoms with van der Waals surface area (Å²) in [5.74, 6) is 0.199. The number of hydrogen-bond acceptors (Lipinski definition) is 3. The van der Waals surface area contributed by atoms with Crippen LogP contribution in [-0.2, 0) is 0 Å². The van der Waals surface area contributed by atoms with Crippen LogP contribution in [-0.4, -0.2) is 28.0 Å². The Morgan fingerprint density at radius 2 is 1.50 bits per heavy atom. The minimum atomic E-state index is -0.864. The Kier molecular flexibility index (Phi) is 3.48. The summed E-state index contributed by atoms with van der Waals surface area (Å²) in [5, 5.41) is 27.6. The molecule has 0 aliphatic carbocycles. The van der Waals surface area contributed by atoms with Crippen LogP contribution in [0.1, 0.15) is 0 Å². The van der Waals surface area contributed by atoms with Crippen molar-refractivity contribution in [2.45, 2.75) is 0 Å². The molecule has 0 spiro atoms. The van der Waals surface area contributed by atoms with E-state index in [1.165, 1.54) is 0 Å². The largest absolute Gasteiger partial charge is 0.508 e. The molecular weight excluding hydrogens is 175 g/mol. The van der Waals surface area contributed by atoms with Crippen LogP contribution in [0.4, 0.5) is 0 Å². The van der Waals surface area contributed by atoms with Crippen molar-refractivity contribution in [2.75, 3.05) is 12.7 Å². The van der Waals surface area contributed by atoms with Gasteiger partial charge in [0.2, 0.25) is 0 Å². The van der Waals surface area contributed by atoms with E-state index in [0.29, 0.717) is 0 Å². The summed E-state index contributed by atoms with van der Waals surface area (Å²) in [6, 6.07) is 6.53. The SMILES string of the molecule is OCP(CO)c1ccc(O)cc1. The summed E-state index contributed by atoms with van der Waals surface area (Å²) in [4.78, 5) is 0. The van der Waals surface area contributed by atoms with Crippen LogP contribution in [0, 0.1) is 0 Å². The van der Waals surface area contributed by atoms with Gasteiger partial charge in [0, 0.05) is 0 Å². The van der Waals surface area contributed by atoms with E-state index < -0.39 is 7.92 Å². The second kappa shape index (κ2) is 4.41. The van der Waals surface area contributed by atoms with Gasteiger partial charge in [-0.1, -0.05) is 12.1 Å². The summed E-state index contributed by atoms with van der Waals surface area (Å²) < 4.78 is 0. The molecule has 1 rings (SSSR count). The van der Waals surface area contributed by atoms with E-state index in [2.05, 4.69) is 0 Å². The normalized spacial score (nSPS) is 10.6. The molecule has 0 bridgehead atoms. The molecule has 0 saturated carbocycles. The molecule has 0 aliphatic rings. The van der Waals surface area contributed by atoms with E-state index in [1.807, 2.05) is 0 Å². The predicted molar refractivity (Wildman–Crippen MR) is 48.8 cm³/mol. The minimum absolute atomic E-state index is 0.0173.